The van der Waals surface area contributed by atoms with Gasteiger partial charge in [-0.2, -0.15) is 0 Å². The summed E-state index contributed by atoms with van der Waals surface area (Å²) >= 11 is 6.20. The molecule has 1 spiro atoms. The van der Waals surface area contributed by atoms with Crippen molar-refractivity contribution in [2.75, 3.05) is 44.2 Å². The molecule has 5 rings (SSSR count). The second-order valence-electron chi connectivity index (χ2n) is 10.7. The van der Waals surface area contributed by atoms with E-state index in [1.807, 2.05) is 17.0 Å². The van der Waals surface area contributed by atoms with Crippen LogP contribution < -0.4 is 15.0 Å². The summed E-state index contributed by atoms with van der Waals surface area (Å²) in [6, 6.07) is 9.00. The minimum absolute atomic E-state index is 0.0148. The third kappa shape index (κ3) is 6.20. The van der Waals surface area contributed by atoms with Gasteiger partial charge in [-0.25, -0.2) is 4.98 Å². The lowest BCUT2D eigenvalue weighted by Gasteiger charge is -2.42. The number of amides is 2. The quantitative estimate of drug-likeness (QED) is 0.574. The molecular formula is C29H37ClN4O3. The Morgan fingerprint density at radius 2 is 1.73 bits per heavy atom. The zero-order valence-corrected chi connectivity index (χ0v) is 22.3. The van der Waals surface area contributed by atoms with Gasteiger partial charge in [0.15, 0.2) is 0 Å². The standard InChI is InChI=1S/C29H37ClN4O3/c30-23-7-8-25-24(20-23)27(35)32-21-29(10-3-1-2-6-18-37-25)11-16-34(17-12-29)28(36)22-9-13-31-26(19-22)33-14-4-5-15-33/h7-9,13,19-20H,1-6,10-12,14-18,21H2,(H,32,35). The molecule has 1 N–H and O–H groups in total. The van der Waals surface area contributed by atoms with Crippen LogP contribution in [0, 0.1) is 5.41 Å². The number of ether oxygens (including phenoxy) is 1. The van der Waals surface area contributed by atoms with E-state index in [9.17, 15) is 9.59 Å². The average Bonchev–Trinajstić information content (AvgIpc) is 3.47. The van der Waals surface area contributed by atoms with E-state index in [0.717, 1.165) is 63.9 Å². The summed E-state index contributed by atoms with van der Waals surface area (Å²) in [5.41, 5.74) is 1.18. The SMILES string of the molecule is O=C1NCC2(CCCCCCOc3ccc(Cl)cc31)CCN(C(=O)c1ccnc(N3CCCC3)c1)CC2. The number of piperidine rings is 1. The fourth-order valence-corrected chi connectivity index (χ4v) is 6.03. The summed E-state index contributed by atoms with van der Waals surface area (Å²) < 4.78 is 5.92. The van der Waals surface area contributed by atoms with Crippen molar-refractivity contribution in [3.05, 3.63) is 52.7 Å². The Labute approximate surface area is 224 Å². The van der Waals surface area contributed by atoms with Crippen LogP contribution in [-0.4, -0.2) is 61.0 Å². The number of hydrogen-bond donors (Lipinski definition) is 1. The Kier molecular flexibility index (Phi) is 8.18. The lowest BCUT2D eigenvalue weighted by atomic mass is 9.74. The summed E-state index contributed by atoms with van der Waals surface area (Å²) in [6.45, 7) is 4.59. The first-order valence-corrected chi connectivity index (χ1v) is 14.1. The van der Waals surface area contributed by atoms with Crippen molar-refractivity contribution >= 4 is 29.2 Å². The number of aromatic nitrogens is 1. The molecule has 3 aliphatic rings. The highest BCUT2D eigenvalue weighted by Gasteiger charge is 2.36. The van der Waals surface area contributed by atoms with Crippen LogP contribution in [0.25, 0.3) is 0 Å². The topological polar surface area (TPSA) is 74.8 Å². The second kappa shape index (κ2) is 11.7. The molecular weight excluding hydrogens is 488 g/mol. The minimum Gasteiger partial charge on any atom is -0.493 e. The van der Waals surface area contributed by atoms with Crippen LogP contribution in [0.3, 0.4) is 0 Å². The summed E-state index contributed by atoms with van der Waals surface area (Å²) in [4.78, 5) is 35.3. The molecule has 8 heteroatoms. The van der Waals surface area contributed by atoms with Gasteiger partial charge in [0.2, 0.25) is 0 Å². The van der Waals surface area contributed by atoms with Crippen LogP contribution in [0.2, 0.25) is 5.02 Å². The predicted molar refractivity (Wildman–Crippen MR) is 146 cm³/mol. The van der Waals surface area contributed by atoms with Crippen LogP contribution in [0.5, 0.6) is 5.75 Å². The molecule has 0 aliphatic carbocycles. The molecule has 0 saturated carbocycles. The Balaban J connectivity index is 1.26. The van der Waals surface area contributed by atoms with Crippen molar-refractivity contribution in [3.63, 3.8) is 0 Å². The largest absolute Gasteiger partial charge is 0.493 e. The smallest absolute Gasteiger partial charge is 0.255 e. The predicted octanol–water partition coefficient (Wildman–Crippen LogP) is 5.33. The van der Waals surface area contributed by atoms with Gasteiger partial charge >= 0.3 is 0 Å². The molecule has 1 aromatic carbocycles. The molecule has 1 aromatic heterocycles. The molecule has 0 radical (unpaired) electrons. The fourth-order valence-electron chi connectivity index (χ4n) is 5.86. The Bertz CT molecular complexity index is 1110. The lowest BCUT2D eigenvalue weighted by Crippen LogP contribution is -2.48. The van der Waals surface area contributed by atoms with Gasteiger partial charge in [0.05, 0.1) is 12.2 Å². The number of pyridine rings is 1. The van der Waals surface area contributed by atoms with E-state index in [1.165, 1.54) is 12.8 Å². The molecule has 7 nitrogen and oxygen atoms in total. The molecule has 4 heterocycles. The molecule has 37 heavy (non-hydrogen) atoms. The summed E-state index contributed by atoms with van der Waals surface area (Å²) in [5.74, 6) is 1.41. The number of carbonyl (C=O) groups is 2. The second-order valence-corrected chi connectivity index (χ2v) is 11.2. The normalized spacial score (nSPS) is 20.7. The first-order valence-electron chi connectivity index (χ1n) is 13.7. The monoisotopic (exact) mass is 524 g/mol. The third-order valence-corrected chi connectivity index (χ3v) is 8.44. The van der Waals surface area contributed by atoms with Gasteiger partial charge in [-0.1, -0.05) is 30.9 Å². The van der Waals surface area contributed by atoms with E-state index in [2.05, 4.69) is 15.2 Å². The van der Waals surface area contributed by atoms with Crippen LogP contribution in [-0.2, 0) is 0 Å². The number of anilines is 1. The number of rotatable bonds is 2. The van der Waals surface area contributed by atoms with Crippen molar-refractivity contribution < 1.29 is 14.3 Å². The van der Waals surface area contributed by atoms with Gasteiger partial charge in [-0.3, -0.25) is 9.59 Å². The molecule has 2 fully saturated rings. The first kappa shape index (κ1) is 25.8. The minimum atomic E-state index is -0.152. The fraction of sp³-hybridized carbons (Fsp3) is 0.552. The van der Waals surface area contributed by atoms with E-state index in [-0.39, 0.29) is 17.2 Å². The van der Waals surface area contributed by atoms with Crippen molar-refractivity contribution in [1.29, 1.82) is 0 Å². The van der Waals surface area contributed by atoms with Gasteiger partial charge in [0, 0.05) is 49.5 Å². The van der Waals surface area contributed by atoms with Crippen molar-refractivity contribution in [1.82, 2.24) is 15.2 Å². The number of carbonyl (C=O) groups excluding carboxylic acids is 2. The molecule has 2 amide bonds. The van der Waals surface area contributed by atoms with Crippen molar-refractivity contribution in [2.24, 2.45) is 5.41 Å². The lowest BCUT2D eigenvalue weighted by molar-refractivity contribution is 0.0536. The van der Waals surface area contributed by atoms with Gasteiger partial charge in [-0.05, 0) is 74.3 Å². The van der Waals surface area contributed by atoms with Gasteiger partial charge in [0.1, 0.15) is 11.6 Å². The molecule has 0 unspecified atom stereocenters. The van der Waals surface area contributed by atoms with Gasteiger partial charge in [-0.15, -0.1) is 0 Å². The average molecular weight is 525 g/mol. The highest BCUT2D eigenvalue weighted by Crippen LogP contribution is 2.37. The Morgan fingerprint density at radius 1 is 0.946 bits per heavy atom. The van der Waals surface area contributed by atoms with Crippen molar-refractivity contribution in [2.45, 2.75) is 57.8 Å². The third-order valence-electron chi connectivity index (χ3n) is 8.20. The number of nitrogens with zero attached hydrogens (tertiary/aromatic N) is 3. The first-order chi connectivity index (χ1) is 18.0. The molecule has 2 aromatic rings. The van der Waals surface area contributed by atoms with E-state index in [4.69, 9.17) is 16.3 Å². The van der Waals surface area contributed by atoms with Crippen LogP contribution in [0.4, 0.5) is 5.82 Å². The van der Waals surface area contributed by atoms with Gasteiger partial charge in [0.25, 0.3) is 11.8 Å². The highest BCUT2D eigenvalue weighted by atomic mass is 35.5. The number of nitrogens with one attached hydrogen (secondary N) is 1. The maximum atomic E-state index is 13.4. The van der Waals surface area contributed by atoms with Crippen LogP contribution >= 0.6 is 11.6 Å². The van der Waals surface area contributed by atoms with Crippen LogP contribution in [0.15, 0.2) is 36.5 Å². The van der Waals surface area contributed by atoms with E-state index >= 15 is 0 Å². The molecule has 0 atom stereocenters. The maximum absolute atomic E-state index is 13.4. The number of likely N-dealkylation sites (tertiary alicyclic amines) is 1. The molecule has 0 bridgehead atoms. The molecule has 3 aliphatic heterocycles. The summed E-state index contributed by atoms with van der Waals surface area (Å²) in [6.07, 6.45) is 11.2. The van der Waals surface area contributed by atoms with E-state index in [0.29, 0.717) is 48.1 Å². The Hall–Kier alpha value is -2.80. The van der Waals surface area contributed by atoms with Crippen LogP contribution in [0.1, 0.15) is 78.5 Å². The summed E-state index contributed by atoms with van der Waals surface area (Å²) in [5, 5.41) is 3.71. The highest BCUT2D eigenvalue weighted by molar-refractivity contribution is 6.31. The maximum Gasteiger partial charge on any atom is 0.255 e. The van der Waals surface area contributed by atoms with Crippen molar-refractivity contribution in [3.8, 4) is 5.75 Å². The molecule has 198 valence electrons. The zero-order valence-electron chi connectivity index (χ0n) is 21.5. The zero-order chi connectivity index (χ0) is 25.7. The molecule has 2 saturated heterocycles. The number of hydrogen-bond acceptors (Lipinski definition) is 5. The number of benzene rings is 1. The van der Waals surface area contributed by atoms with Gasteiger partial charge < -0.3 is 19.9 Å². The Morgan fingerprint density at radius 3 is 2.54 bits per heavy atom. The number of fused-ring (bicyclic) bond motifs is 1. The van der Waals surface area contributed by atoms with E-state index < -0.39 is 0 Å². The summed E-state index contributed by atoms with van der Waals surface area (Å²) in [7, 11) is 0. The number of halogens is 1. The van der Waals surface area contributed by atoms with E-state index in [1.54, 1.807) is 24.4 Å².